The predicted molar refractivity (Wildman–Crippen MR) is 143 cm³/mol. The summed E-state index contributed by atoms with van der Waals surface area (Å²) in [7, 11) is 1.54. The molecule has 5 nitrogen and oxygen atoms in total. The quantitative estimate of drug-likeness (QED) is 0.193. The minimum absolute atomic E-state index is 0.0628. The third-order valence-electron chi connectivity index (χ3n) is 5.31. The SMILES string of the molecule is COc1cc(/C=C(/C#N)C(=O)Nc2ccc(Cl)cc2)c(Br)cc1OCc1cccc2ccccc12. The molecule has 0 saturated carbocycles. The molecular weight excluding hydrogens is 528 g/mol. The van der Waals surface area contributed by atoms with Crippen molar-refractivity contribution in [3.8, 4) is 17.6 Å². The highest BCUT2D eigenvalue weighted by Gasteiger charge is 2.14. The zero-order valence-corrected chi connectivity index (χ0v) is 21.1. The van der Waals surface area contributed by atoms with Gasteiger partial charge < -0.3 is 14.8 Å². The fourth-order valence-corrected chi connectivity index (χ4v) is 4.11. The number of nitrogens with one attached hydrogen (secondary N) is 1. The van der Waals surface area contributed by atoms with Gasteiger partial charge in [-0.3, -0.25) is 4.79 Å². The van der Waals surface area contributed by atoms with Crippen LogP contribution in [0.5, 0.6) is 11.5 Å². The average Bonchev–Trinajstić information content (AvgIpc) is 2.88. The number of methoxy groups -OCH3 is 1. The lowest BCUT2D eigenvalue weighted by Crippen LogP contribution is -2.13. The fourth-order valence-electron chi connectivity index (χ4n) is 3.54. The first-order valence-electron chi connectivity index (χ1n) is 10.6. The largest absolute Gasteiger partial charge is 0.493 e. The van der Waals surface area contributed by atoms with Gasteiger partial charge >= 0.3 is 0 Å². The Labute approximate surface area is 216 Å². The molecule has 0 spiro atoms. The van der Waals surface area contributed by atoms with E-state index < -0.39 is 5.91 Å². The predicted octanol–water partition coefficient (Wildman–Crippen LogP) is 7.39. The van der Waals surface area contributed by atoms with Crippen molar-refractivity contribution >= 4 is 56.0 Å². The first-order valence-corrected chi connectivity index (χ1v) is 11.8. The van der Waals surface area contributed by atoms with E-state index in [0.29, 0.717) is 38.9 Å². The highest BCUT2D eigenvalue weighted by atomic mass is 79.9. The highest BCUT2D eigenvalue weighted by molar-refractivity contribution is 9.10. The van der Waals surface area contributed by atoms with E-state index in [1.807, 2.05) is 30.3 Å². The van der Waals surface area contributed by atoms with E-state index >= 15 is 0 Å². The zero-order valence-electron chi connectivity index (χ0n) is 18.7. The molecule has 1 amide bonds. The number of carbonyl (C=O) groups excluding carboxylic acids is 1. The third-order valence-corrected chi connectivity index (χ3v) is 6.25. The molecule has 0 unspecified atom stereocenters. The number of hydrogen-bond donors (Lipinski definition) is 1. The molecule has 174 valence electrons. The van der Waals surface area contributed by atoms with E-state index in [4.69, 9.17) is 21.1 Å². The van der Waals surface area contributed by atoms with Crippen LogP contribution in [0.3, 0.4) is 0 Å². The topological polar surface area (TPSA) is 71.3 Å². The van der Waals surface area contributed by atoms with Crippen LogP contribution in [0.15, 0.2) is 88.9 Å². The molecule has 0 atom stereocenters. The molecule has 35 heavy (non-hydrogen) atoms. The number of carbonyl (C=O) groups is 1. The van der Waals surface area contributed by atoms with Gasteiger partial charge in [0.15, 0.2) is 11.5 Å². The maximum absolute atomic E-state index is 12.6. The maximum atomic E-state index is 12.6. The molecule has 0 aliphatic rings. The lowest BCUT2D eigenvalue weighted by molar-refractivity contribution is -0.112. The minimum atomic E-state index is -0.531. The number of fused-ring (bicyclic) bond motifs is 1. The van der Waals surface area contributed by atoms with Crippen LogP contribution in [0, 0.1) is 11.3 Å². The van der Waals surface area contributed by atoms with Gasteiger partial charge in [0.2, 0.25) is 0 Å². The first kappa shape index (κ1) is 24.3. The molecule has 4 aromatic rings. The van der Waals surface area contributed by atoms with Crippen LogP contribution in [0.25, 0.3) is 16.8 Å². The van der Waals surface area contributed by atoms with Gasteiger partial charge in [0.05, 0.1) is 7.11 Å². The molecule has 0 fully saturated rings. The van der Waals surface area contributed by atoms with Gasteiger partial charge in [-0.15, -0.1) is 0 Å². The lowest BCUT2D eigenvalue weighted by atomic mass is 10.1. The second-order valence-electron chi connectivity index (χ2n) is 7.58. The van der Waals surface area contributed by atoms with Crippen molar-refractivity contribution in [2.24, 2.45) is 0 Å². The Morgan fingerprint density at radius 1 is 1.06 bits per heavy atom. The van der Waals surface area contributed by atoms with Gasteiger partial charge in [-0.2, -0.15) is 5.26 Å². The molecule has 4 rings (SSSR count). The molecule has 0 heterocycles. The molecule has 4 aromatic carbocycles. The number of anilines is 1. The van der Waals surface area contributed by atoms with E-state index in [9.17, 15) is 10.1 Å². The average molecular weight is 548 g/mol. The van der Waals surface area contributed by atoms with E-state index in [1.165, 1.54) is 6.08 Å². The Balaban J connectivity index is 1.56. The Kier molecular flexibility index (Phi) is 7.71. The van der Waals surface area contributed by atoms with Crippen molar-refractivity contribution in [1.82, 2.24) is 0 Å². The van der Waals surface area contributed by atoms with Crippen molar-refractivity contribution in [3.05, 3.63) is 105 Å². The smallest absolute Gasteiger partial charge is 0.266 e. The number of nitrogens with zero attached hydrogens (tertiary/aromatic N) is 1. The summed E-state index contributed by atoms with van der Waals surface area (Å²) in [6.07, 6.45) is 1.49. The van der Waals surface area contributed by atoms with Crippen LogP contribution < -0.4 is 14.8 Å². The second-order valence-corrected chi connectivity index (χ2v) is 8.87. The summed E-state index contributed by atoms with van der Waals surface area (Å²) in [4.78, 5) is 12.6. The minimum Gasteiger partial charge on any atom is -0.493 e. The summed E-state index contributed by atoms with van der Waals surface area (Å²) in [5.74, 6) is 0.487. The van der Waals surface area contributed by atoms with Gasteiger partial charge in [-0.05, 0) is 64.4 Å². The summed E-state index contributed by atoms with van der Waals surface area (Å²) < 4.78 is 12.3. The second kappa shape index (κ2) is 11.1. The van der Waals surface area contributed by atoms with Crippen LogP contribution in [0.4, 0.5) is 5.69 Å². The summed E-state index contributed by atoms with van der Waals surface area (Å²) in [6, 6.07) is 26.3. The molecule has 7 heteroatoms. The Bertz CT molecular complexity index is 1450. The lowest BCUT2D eigenvalue weighted by Gasteiger charge is -2.14. The summed E-state index contributed by atoms with van der Waals surface area (Å²) >= 11 is 9.41. The molecule has 0 aliphatic heterocycles. The summed E-state index contributed by atoms with van der Waals surface area (Å²) in [6.45, 7) is 0.353. The van der Waals surface area contributed by atoms with Gasteiger partial charge in [0.25, 0.3) is 5.91 Å². The van der Waals surface area contributed by atoms with Crippen molar-refractivity contribution in [3.63, 3.8) is 0 Å². The monoisotopic (exact) mass is 546 g/mol. The molecule has 0 aromatic heterocycles. The van der Waals surface area contributed by atoms with Gasteiger partial charge in [0, 0.05) is 15.2 Å². The van der Waals surface area contributed by atoms with Crippen LogP contribution >= 0.6 is 27.5 Å². The van der Waals surface area contributed by atoms with E-state index in [-0.39, 0.29) is 5.57 Å². The Hall–Kier alpha value is -3.79. The number of halogens is 2. The molecule has 0 saturated heterocycles. The van der Waals surface area contributed by atoms with Gasteiger partial charge in [-0.1, -0.05) is 70.0 Å². The molecule has 0 aliphatic carbocycles. The van der Waals surface area contributed by atoms with Crippen LogP contribution in [0.2, 0.25) is 5.02 Å². The third kappa shape index (κ3) is 5.83. The van der Waals surface area contributed by atoms with Crippen LogP contribution in [-0.4, -0.2) is 13.0 Å². The Morgan fingerprint density at radius 3 is 2.54 bits per heavy atom. The van der Waals surface area contributed by atoms with E-state index in [2.05, 4.69) is 39.4 Å². The van der Waals surface area contributed by atoms with Crippen molar-refractivity contribution in [2.45, 2.75) is 6.61 Å². The van der Waals surface area contributed by atoms with Crippen LogP contribution in [0.1, 0.15) is 11.1 Å². The van der Waals surface area contributed by atoms with Gasteiger partial charge in [0.1, 0.15) is 18.2 Å². The van der Waals surface area contributed by atoms with Crippen molar-refractivity contribution in [1.29, 1.82) is 5.26 Å². The first-order chi connectivity index (χ1) is 17.0. The van der Waals surface area contributed by atoms with E-state index in [1.54, 1.807) is 43.5 Å². The summed E-state index contributed by atoms with van der Waals surface area (Å²) in [5, 5.41) is 15.1. The van der Waals surface area contributed by atoms with Crippen molar-refractivity contribution in [2.75, 3.05) is 12.4 Å². The number of nitriles is 1. The van der Waals surface area contributed by atoms with E-state index in [0.717, 1.165) is 16.3 Å². The number of rotatable bonds is 7. The number of ether oxygens (including phenoxy) is 2. The maximum Gasteiger partial charge on any atom is 0.266 e. The number of amides is 1. The molecule has 1 N–H and O–H groups in total. The standard InChI is InChI=1S/C28H20BrClN2O3/c1-34-26-14-20(13-21(16-31)28(33)32-23-11-9-22(30)10-12-23)25(29)15-27(26)35-17-19-7-4-6-18-5-2-3-8-24(18)19/h2-15H,17H2,1H3,(H,32,33)/b21-13-. The van der Waals surface area contributed by atoms with Crippen molar-refractivity contribution < 1.29 is 14.3 Å². The van der Waals surface area contributed by atoms with Crippen LogP contribution in [-0.2, 0) is 11.4 Å². The number of hydrogen-bond acceptors (Lipinski definition) is 4. The zero-order chi connectivity index (χ0) is 24.8. The fraction of sp³-hybridized carbons (Fsp3) is 0.0714. The number of benzene rings is 4. The highest BCUT2D eigenvalue weighted by Crippen LogP contribution is 2.35. The Morgan fingerprint density at radius 2 is 1.80 bits per heavy atom. The molecule has 0 radical (unpaired) electrons. The summed E-state index contributed by atoms with van der Waals surface area (Å²) in [5.41, 5.74) is 2.12. The normalized spacial score (nSPS) is 11.1. The van der Waals surface area contributed by atoms with Gasteiger partial charge in [-0.25, -0.2) is 0 Å². The molecular formula is C28H20BrClN2O3. The molecule has 0 bridgehead atoms.